The van der Waals surface area contributed by atoms with Gasteiger partial charge in [0, 0.05) is 24.6 Å². The first kappa shape index (κ1) is 21.1. The molecule has 1 saturated carbocycles. The van der Waals surface area contributed by atoms with Crippen molar-refractivity contribution >= 4 is 29.3 Å². The summed E-state index contributed by atoms with van der Waals surface area (Å²) in [4.78, 5) is 23.9. The maximum Gasteiger partial charge on any atom is 0.230 e. The molecule has 2 N–H and O–H groups in total. The fourth-order valence-corrected chi connectivity index (χ4v) is 4.45. The van der Waals surface area contributed by atoms with Gasteiger partial charge in [0.05, 0.1) is 11.4 Å². The van der Waals surface area contributed by atoms with Gasteiger partial charge >= 0.3 is 0 Å². The van der Waals surface area contributed by atoms with Crippen LogP contribution in [0, 0.1) is 6.92 Å². The number of benzene rings is 2. The van der Waals surface area contributed by atoms with Crippen LogP contribution in [0.1, 0.15) is 31.2 Å². The molecule has 31 heavy (non-hydrogen) atoms. The van der Waals surface area contributed by atoms with Gasteiger partial charge in [0.2, 0.25) is 11.8 Å². The van der Waals surface area contributed by atoms with Crippen molar-refractivity contribution in [3.63, 3.8) is 0 Å². The van der Waals surface area contributed by atoms with E-state index in [1.807, 2.05) is 54.0 Å². The lowest BCUT2D eigenvalue weighted by Gasteiger charge is -2.16. The van der Waals surface area contributed by atoms with Crippen molar-refractivity contribution < 1.29 is 9.59 Å². The van der Waals surface area contributed by atoms with Crippen LogP contribution in [0.15, 0.2) is 59.8 Å². The molecule has 0 bridgehead atoms. The molecule has 160 valence electrons. The number of hydrogen-bond donors (Lipinski definition) is 2. The second-order valence-corrected chi connectivity index (χ2v) is 8.75. The number of aromatic nitrogens is 3. The van der Waals surface area contributed by atoms with E-state index in [1.165, 1.54) is 24.2 Å². The number of nitrogens with one attached hydrogen (secondary N) is 2. The Morgan fingerprint density at radius 1 is 1.10 bits per heavy atom. The van der Waals surface area contributed by atoms with Crippen LogP contribution in [-0.2, 0) is 15.0 Å². The minimum Gasteiger partial charge on any atom is -0.354 e. The predicted octanol–water partition coefficient (Wildman–Crippen LogP) is 3.47. The first-order valence-corrected chi connectivity index (χ1v) is 11.2. The van der Waals surface area contributed by atoms with Crippen LogP contribution in [0.3, 0.4) is 0 Å². The van der Waals surface area contributed by atoms with E-state index in [-0.39, 0.29) is 23.0 Å². The Morgan fingerprint density at radius 3 is 2.58 bits per heavy atom. The number of carbonyl (C=O) groups excluding carboxylic acids is 2. The van der Waals surface area contributed by atoms with Crippen molar-refractivity contribution in [3.05, 3.63) is 66.0 Å². The number of amides is 2. The summed E-state index contributed by atoms with van der Waals surface area (Å²) in [6, 6.07) is 17.8. The molecule has 0 spiro atoms. The molecule has 1 heterocycles. The largest absolute Gasteiger partial charge is 0.354 e. The van der Waals surface area contributed by atoms with Crippen LogP contribution in [0.4, 0.5) is 5.69 Å². The zero-order chi connectivity index (χ0) is 21.8. The van der Waals surface area contributed by atoms with E-state index in [4.69, 9.17) is 0 Å². The zero-order valence-corrected chi connectivity index (χ0v) is 18.4. The molecule has 8 heteroatoms. The molecule has 0 unspecified atom stereocenters. The van der Waals surface area contributed by atoms with Crippen LogP contribution < -0.4 is 10.6 Å². The second-order valence-electron chi connectivity index (χ2n) is 7.81. The standard InChI is InChI=1S/C23H25N5O2S/c1-16-26-27-22(28(16)20-10-6-9-19(13-20)25-17(2)29)31-14-21(30)24-15-23(11-12-23)18-7-4-3-5-8-18/h3-10,13H,11-12,14-15H2,1-2H3,(H,24,30)(H,25,29). The molecular weight excluding hydrogens is 410 g/mol. The summed E-state index contributed by atoms with van der Waals surface area (Å²) in [5.74, 6) is 0.817. The highest BCUT2D eigenvalue weighted by atomic mass is 32.2. The lowest BCUT2D eigenvalue weighted by Crippen LogP contribution is -2.33. The molecule has 1 aliphatic carbocycles. The van der Waals surface area contributed by atoms with E-state index in [2.05, 4.69) is 33.0 Å². The molecule has 0 radical (unpaired) electrons. The van der Waals surface area contributed by atoms with Crippen molar-refractivity contribution in [2.75, 3.05) is 17.6 Å². The molecule has 3 aromatic rings. The summed E-state index contributed by atoms with van der Waals surface area (Å²) in [5.41, 5.74) is 2.90. The maximum atomic E-state index is 12.5. The first-order chi connectivity index (χ1) is 15.0. The van der Waals surface area contributed by atoms with E-state index in [1.54, 1.807) is 0 Å². The number of thioether (sulfide) groups is 1. The van der Waals surface area contributed by atoms with Gasteiger partial charge in [-0.1, -0.05) is 48.2 Å². The number of carbonyl (C=O) groups is 2. The van der Waals surface area contributed by atoms with Gasteiger partial charge in [-0.3, -0.25) is 14.2 Å². The maximum absolute atomic E-state index is 12.5. The van der Waals surface area contributed by atoms with Crippen LogP contribution in [0.25, 0.3) is 5.69 Å². The number of rotatable bonds is 8. The van der Waals surface area contributed by atoms with Gasteiger partial charge in [-0.15, -0.1) is 10.2 Å². The highest BCUT2D eigenvalue weighted by molar-refractivity contribution is 7.99. The molecule has 2 aromatic carbocycles. The summed E-state index contributed by atoms with van der Waals surface area (Å²) < 4.78 is 1.88. The smallest absolute Gasteiger partial charge is 0.230 e. The van der Waals surface area contributed by atoms with Crippen molar-refractivity contribution in [3.8, 4) is 5.69 Å². The molecule has 0 atom stereocenters. The third-order valence-corrected chi connectivity index (χ3v) is 6.34. The van der Waals surface area contributed by atoms with Gasteiger partial charge < -0.3 is 10.6 Å². The average Bonchev–Trinajstić information content (AvgIpc) is 3.47. The predicted molar refractivity (Wildman–Crippen MR) is 121 cm³/mol. The van der Waals surface area contributed by atoms with Crippen molar-refractivity contribution in [1.29, 1.82) is 0 Å². The molecule has 1 aromatic heterocycles. The third kappa shape index (κ3) is 4.96. The summed E-state index contributed by atoms with van der Waals surface area (Å²) in [5, 5.41) is 14.9. The topological polar surface area (TPSA) is 88.9 Å². The van der Waals surface area contributed by atoms with Gasteiger partial charge in [0.25, 0.3) is 0 Å². The van der Waals surface area contributed by atoms with Crippen LogP contribution in [-0.4, -0.2) is 38.9 Å². The number of nitrogens with zero attached hydrogens (tertiary/aromatic N) is 3. The van der Waals surface area contributed by atoms with Crippen molar-refractivity contribution in [1.82, 2.24) is 20.1 Å². The SMILES string of the molecule is CC(=O)Nc1cccc(-n2c(C)nnc2SCC(=O)NCC2(c3ccccc3)CC2)c1. The Bertz CT molecular complexity index is 1090. The molecule has 0 saturated heterocycles. The average molecular weight is 436 g/mol. The fourth-order valence-electron chi connectivity index (χ4n) is 3.62. The lowest BCUT2D eigenvalue weighted by atomic mass is 9.96. The molecule has 4 rings (SSSR count). The van der Waals surface area contributed by atoms with E-state index in [0.717, 1.165) is 18.5 Å². The molecule has 0 aliphatic heterocycles. The van der Waals surface area contributed by atoms with Gasteiger partial charge in [0.15, 0.2) is 5.16 Å². The minimum absolute atomic E-state index is 0.0218. The second kappa shape index (κ2) is 8.93. The normalized spacial score (nSPS) is 14.1. The van der Waals surface area contributed by atoms with Crippen LogP contribution in [0.5, 0.6) is 0 Å². The molecule has 1 fully saturated rings. The number of aryl methyl sites for hydroxylation is 1. The Morgan fingerprint density at radius 2 is 1.87 bits per heavy atom. The van der Waals surface area contributed by atoms with E-state index < -0.39 is 0 Å². The Kier molecular flexibility index (Phi) is 6.08. The quantitative estimate of drug-likeness (QED) is 0.529. The van der Waals surface area contributed by atoms with Gasteiger partial charge in [0.1, 0.15) is 5.82 Å². The van der Waals surface area contributed by atoms with Gasteiger partial charge in [-0.05, 0) is 43.5 Å². The number of anilines is 1. The Balaban J connectivity index is 1.39. The molecule has 1 aliphatic rings. The summed E-state index contributed by atoms with van der Waals surface area (Å²) in [7, 11) is 0. The highest BCUT2D eigenvalue weighted by Gasteiger charge is 2.44. The Hall–Kier alpha value is -3.13. The van der Waals surface area contributed by atoms with Gasteiger partial charge in [-0.25, -0.2) is 0 Å². The molecular formula is C23H25N5O2S. The molecule has 2 amide bonds. The van der Waals surface area contributed by atoms with Crippen molar-refractivity contribution in [2.24, 2.45) is 0 Å². The third-order valence-electron chi connectivity index (χ3n) is 5.42. The van der Waals surface area contributed by atoms with Crippen LogP contribution in [0.2, 0.25) is 0 Å². The van der Waals surface area contributed by atoms with E-state index in [0.29, 0.717) is 23.2 Å². The van der Waals surface area contributed by atoms with Gasteiger partial charge in [-0.2, -0.15) is 0 Å². The Labute approximate surface area is 185 Å². The van der Waals surface area contributed by atoms with E-state index >= 15 is 0 Å². The van der Waals surface area contributed by atoms with E-state index in [9.17, 15) is 9.59 Å². The minimum atomic E-state index is -0.132. The van der Waals surface area contributed by atoms with Crippen molar-refractivity contribution in [2.45, 2.75) is 37.3 Å². The summed E-state index contributed by atoms with van der Waals surface area (Å²) in [6.45, 7) is 3.99. The monoisotopic (exact) mass is 435 g/mol. The van der Waals surface area contributed by atoms with Crippen LogP contribution >= 0.6 is 11.8 Å². The summed E-state index contributed by atoms with van der Waals surface area (Å²) in [6.07, 6.45) is 2.20. The first-order valence-electron chi connectivity index (χ1n) is 10.2. The fraction of sp³-hybridized carbons (Fsp3) is 0.304. The number of hydrogen-bond acceptors (Lipinski definition) is 5. The highest BCUT2D eigenvalue weighted by Crippen LogP contribution is 2.47. The molecule has 7 nitrogen and oxygen atoms in total. The summed E-state index contributed by atoms with van der Waals surface area (Å²) >= 11 is 1.35. The lowest BCUT2D eigenvalue weighted by molar-refractivity contribution is -0.118. The zero-order valence-electron chi connectivity index (χ0n) is 17.6.